The Morgan fingerprint density at radius 2 is 1.70 bits per heavy atom. The number of carbonyl (C=O) groups excluding carboxylic acids is 3. The predicted molar refractivity (Wildman–Crippen MR) is 189 cm³/mol. The first-order chi connectivity index (χ1) is 25.2. The molecular formula is C39H34N2O12. The van der Waals surface area contributed by atoms with Crippen molar-refractivity contribution in [2.75, 3.05) is 7.11 Å². The molecule has 0 fully saturated rings. The van der Waals surface area contributed by atoms with Crippen LogP contribution in [0.25, 0.3) is 22.3 Å². The maximum absolute atomic E-state index is 13.0. The highest BCUT2D eigenvalue weighted by molar-refractivity contribution is 6.01. The summed E-state index contributed by atoms with van der Waals surface area (Å²) in [5, 5.41) is 41.3. The number of aryl methyl sites for hydroxylation is 2. The minimum absolute atomic E-state index is 0.0419. The van der Waals surface area contributed by atoms with E-state index in [-0.39, 0.29) is 57.9 Å². The third-order valence-electron chi connectivity index (χ3n) is 9.58. The SMILES string of the molecule is CCC1(O)C(=O)OCc2c1cc1n(c2=O)Cc2cc3ccccc3nc2-1.COc1cc(C)c(C(=O)Oc2cc(C)c(O)c(C(=O)O)c2C)c(O)c1C=O. The molecular weight excluding hydrogens is 688 g/mol. The molecule has 14 nitrogen and oxygen atoms in total. The zero-order valence-electron chi connectivity index (χ0n) is 29.3. The Kier molecular flexibility index (Phi) is 9.26. The van der Waals surface area contributed by atoms with Crippen LogP contribution >= 0.6 is 0 Å². The number of carbonyl (C=O) groups is 4. The van der Waals surface area contributed by atoms with Gasteiger partial charge in [-0.15, -0.1) is 0 Å². The van der Waals surface area contributed by atoms with Crippen molar-refractivity contribution >= 4 is 35.1 Å². The van der Waals surface area contributed by atoms with Gasteiger partial charge in [-0.3, -0.25) is 9.59 Å². The number of cyclic esters (lactones) is 1. The smallest absolute Gasteiger partial charge is 0.347 e. The summed E-state index contributed by atoms with van der Waals surface area (Å²) in [7, 11) is 1.31. The number of hydrogen-bond acceptors (Lipinski definition) is 12. The second-order valence-corrected chi connectivity index (χ2v) is 12.7. The highest BCUT2D eigenvalue weighted by Gasteiger charge is 2.45. The van der Waals surface area contributed by atoms with Gasteiger partial charge < -0.3 is 39.2 Å². The first-order valence-electron chi connectivity index (χ1n) is 16.4. The molecule has 0 saturated heterocycles. The van der Waals surface area contributed by atoms with Crippen molar-refractivity contribution in [3.63, 3.8) is 0 Å². The molecule has 272 valence electrons. The summed E-state index contributed by atoms with van der Waals surface area (Å²) in [5.41, 5.74) is 1.51. The number of carboxylic acids is 1. The number of carboxylic acid groups (broad SMARTS) is 1. The summed E-state index contributed by atoms with van der Waals surface area (Å²) in [6.45, 7) is 6.36. The van der Waals surface area contributed by atoms with Crippen molar-refractivity contribution in [1.82, 2.24) is 9.55 Å². The van der Waals surface area contributed by atoms with E-state index >= 15 is 0 Å². The van der Waals surface area contributed by atoms with Gasteiger partial charge in [-0.1, -0.05) is 25.1 Å². The van der Waals surface area contributed by atoms with Gasteiger partial charge in [0.25, 0.3) is 5.56 Å². The molecule has 2 aliphatic rings. The maximum Gasteiger partial charge on any atom is 0.347 e. The largest absolute Gasteiger partial charge is 0.507 e. The number of aliphatic hydroxyl groups is 1. The number of aromatic nitrogens is 2. The molecule has 14 heteroatoms. The summed E-state index contributed by atoms with van der Waals surface area (Å²) in [5.74, 6) is -4.08. The number of nitrogens with zero attached hydrogens (tertiary/aromatic N) is 2. The second kappa shape index (κ2) is 13.5. The quantitative estimate of drug-likeness (QED) is 0.103. The molecule has 1 unspecified atom stereocenters. The molecule has 53 heavy (non-hydrogen) atoms. The minimum atomic E-state index is -1.79. The molecule has 0 saturated carbocycles. The minimum Gasteiger partial charge on any atom is -0.507 e. The molecule has 5 aromatic rings. The standard InChI is InChI=1S/C20H16N2O4.C19H18O8/c1-2-20(25)14-8-16-17-12(7-11-5-3-4-6-15(11)21-17)9-22(16)18(23)13(14)10-26-19(20)24;1-8-5-13(26-4)11(7-20)17(22)14(8)19(25)27-12-6-9(2)16(21)15(10(12)3)18(23)24/h3-8,25H,2,9-10H2,1H3;5-7,21-22H,1-4H3,(H,23,24). The predicted octanol–water partition coefficient (Wildman–Crippen LogP) is 4.84. The fourth-order valence-electron chi connectivity index (χ4n) is 6.64. The van der Waals surface area contributed by atoms with Crippen LogP contribution in [0.4, 0.5) is 0 Å². The first kappa shape index (κ1) is 36.3. The molecule has 0 radical (unpaired) electrons. The molecule has 0 spiro atoms. The van der Waals surface area contributed by atoms with Crippen LogP contribution in [0.3, 0.4) is 0 Å². The number of methoxy groups -OCH3 is 1. The summed E-state index contributed by atoms with van der Waals surface area (Å²) in [6, 6.07) is 14.3. The molecule has 7 rings (SSSR count). The summed E-state index contributed by atoms with van der Waals surface area (Å²) >= 11 is 0. The number of aromatic hydroxyl groups is 2. The van der Waals surface area contributed by atoms with E-state index in [0.29, 0.717) is 35.2 Å². The van der Waals surface area contributed by atoms with E-state index in [2.05, 4.69) is 0 Å². The van der Waals surface area contributed by atoms with E-state index < -0.39 is 35.0 Å². The van der Waals surface area contributed by atoms with Crippen LogP contribution in [-0.2, 0) is 28.3 Å². The van der Waals surface area contributed by atoms with Gasteiger partial charge in [0, 0.05) is 22.1 Å². The number of benzene rings is 3. The van der Waals surface area contributed by atoms with Crippen molar-refractivity contribution in [2.45, 2.75) is 52.9 Å². The van der Waals surface area contributed by atoms with Crippen LogP contribution in [0.2, 0.25) is 0 Å². The Hall–Kier alpha value is -6.54. The average Bonchev–Trinajstić information content (AvgIpc) is 3.49. The molecule has 0 bridgehead atoms. The van der Waals surface area contributed by atoms with E-state index in [4.69, 9.17) is 19.2 Å². The fourth-order valence-corrected chi connectivity index (χ4v) is 6.64. The molecule has 4 heterocycles. The molecule has 1 atom stereocenters. The molecule has 0 aliphatic carbocycles. The number of aldehydes is 1. The second-order valence-electron chi connectivity index (χ2n) is 12.7. The Bertz CT molecular complexity index is 2470. The first-order valence-corrected chi connectivity index (χ1v) is 16.4. The Morgan fingerprint density at radius 3 is 2.36 bits per heavy atom. The Labute approximate surface area is 301 Å². The molecule has 2 aromatic heterocycles. The number of esters is 2. The van der Waals surface area contributed by atoms with Gasteiger partial charge >= 0.3 is 17.9 Å². The van der Waals surface area contributed by atoms with Crippen LogP contribution in [0.1, 0.15) is 77.8 Å². The summed E-state index contributed by atoms with van der Waals surface area (Å²) < 4.78 is 17.0. The normalized spacial score (nSPS) is 15.3. The number of rotatable bonds is 6. The highest BCUT2D eigenvalue weighted by Crippen LogP contribution is 2.39. The lowest BCUT2D eigenvalue weighted by Gasteiger charge is -2.31. The number of hydrogen-bond donors (Lipinski definition) is 4. The van der Waals surface area contributed by atoms with Gasteiger partial charge in [0.15, 0.2) is 11.9 Å². The van der Waals surface area contributed by atoms with E-state index in [1.165, 1.54) is 40.0 Å². The topological polar surface area (TPSA) is 212 Å². The zero-order valence-corrected chi connectivity index (χ0v) is 29.3. The third-order valence-corrected chi connectivity index (χ3v) is 9.58. The fraction of sp³-hybridized carbons (Fsp3) is 0.231. The van der Waals surface area contributed by atoms with Gasteiger partial charge in [-0.2, -0.15) is 0 Å². The van der Waals surface area contributed by atoms with Crippen molar-refractivity contribution in [3.05, 3.63) is 109 Å². The number of aromatic carboxylic acids is 1. The van der Waals surface area contributed by atoms with Crippen LogP contribution in [0.15, 0.2) is 53.3 Å². The highest BCUT2D eigenvalue weighted by atomic mass is 16.6. The number of pyridine rings is 2. The third kappa shape index (κ3) is 5.92. The van der Waals surface area contributed by atoms with E-state index in [1.54, 1.807) is 17.6 Å². The van der Waals surface area contributed by atoms with Gasteiger partial charge in [-0.25, -0.2) is 19.4 Å². The molecule has 0 amide bonds. The Morgan fingerprint density at radius 1 is 1.00 bits per heavy atom. The number of phenolic OH excluding ortho intramolecular Hbond substituents is 1. The van der Waals surface area contributed by atoms with Crippen molar-refractivity contribution in [3.8, 4) is 34.4 Å². The number of ether oxygens (including phenoxy) is 3. The Balaban J connectivity index is 0.000000181. The van der Waals surface area contributed by atoms with Crippen molar-refractivity contribution in [1.29, 1.82) is 0 Å². The lowest BCUT2D eigenvalue weighted by Crippen LogP contribution is -2.44. The lowest BCUT2D eigenvalue weighted by atomic mass is 9.86. The average molecular weight is 723 g/mol. The van der Waals surface area contributed by atoms with Gasteiger partial charge in [0.2, 0.25) is 0 Å². The number of para-hydroxylation sites is 1. The summed E-state index contributed by atoms with van der Waals surface area (Å²) in [6.07, 6.45) is 0.489. The van der Waals surface area contributed by atoms with Gasteiger partial charge in [0.1, 0.15) is 40.7 Å². The van der Waals surface area contributed by atoms with E-state index in [9.17, 15) is 44.4 Å². The number of fused-ring (bicyclic) bond motifs is 5. The van der Waals surface area contributed by atoms with Crippen molar-refractivity contribution < 1.29 is 53.8 Å². The molecule has 3 aromatic carbocycles. The number of phenols is 2. The van der Waals surface area contributed by atoms with Crippen molar-refractivity contribution in [2.24, 2.45) is 0 Å². The van der Waals surface area contributed by atoms with Crippen LogP contribution in [-0.4, -0.2) is 61.3 Å². The maximum atomic E-state index is 13.0. The lowest BCUT2D eigenvalue weighted by molar-refractivity contribution is -0.172. The van der Waals surface area contributed by atoms with Crippen LogP contribution < -0.4 is 15.0 Å². The van der Waals surface area contributed by atoms with Gasteiger partial charge in [0.05, 0.1) is 41.7 Å². The van der Waals surface area contributed by atoms with Gasteiger partial charge in [-0.05, 0) is 68.7 Å². The molecule has 2 aliphatic heterocycles. The molecule has 4 N–H and O–H groups in total. The van der Waals surface area contributed by atoms with Crippen LogP contribution in [0, 0.1) is 20.8 Å². The van der Waals surface area contributed by atoms with Crippen LogP contribution in [0.5, 0.6) is 23.0 Å². The zero-order chi connectivity index (χ0) is 38.5. The van der Waals surface area contributed by atoms with E-state index in [0.717, 1.165) is 22.2 Å². The summed E-state index contributed by atoms with van der Waals surface area (Å²) in [4.78, 5) is 65.1. The van der Waals surface area contributed by atoms with E-state index in [1.807, 2.05) is 30.3 Å². The monoisotopic (exact) mass is 722 g/mol.